The van der Waals surface area contributed by atoms with Crippen molar-refractivity contribution in [2.24, 2.45) is 0 Å². The van der Waals surface area contributed by atoms with E-state index in [0.29, 0.717) is 11.8 Å². The molecule has 0 radical (unpaired) electrons. The fourth-order valence-corrected chi connectivity index (χ4v) is 5.61. The molecule has 0 saturated heterocycles. The number of aromatic nitrogens is 2. The third-order valence-electron chi connectivity index (χ3n) is 7.56. The van der Waals surface area contributed by atoms with Crippen molar-refractivity contribution >= 4 is 11.0 Å². The predicted molar refractivity (Wildman–Crippen MR) is 166 cm³/mol. The van der Waals surface area contributed by atoms with E-state index in [4.69, 9.17) is 4.98 Å². The summed E-state index contributed by atoms with van der Waals surface area (Å²) in [5, 5.41) is 0. The number of benzene rings is 5. The van der Waals surface area contributed by atoms with E-state index >= 15 is 0 Å². The lowest BCUT2D eigenvalue weighted by molar-refractivity contribution is 0.811. The fraction of sp³-hybridized carbons (Fsp3) is 0.162. The van der Waals surface area contributed by atoms with Crippen LogP contribution in [0.15, 0.2) is 121 Å². The first-order chi connectivity index (χ1) is 19.0. The molecule has 2 heteroatoms. The monoisotopic (exact) mass is 506 g/mol. The number of hydrogen-bond donors (Lipinski definition) is 0. The van der Waals surface area contributed by atoms with Gasteiger partial charge in [0.15, 0.2) is 0 Å². The van der Waals surface area contributed by atoms with Crippen LogP contribution in [0.3, 0.4) is 0 Å². The Morgan fingerprint density at radius 1 is 0.513 bits per heavy atom. The van der Waals surface area contributed by atoms with E-state index in [-0.39, 0.29) is 0 Å². The van der Waals surface area contributed by atoms with Crippen LogP contribution in [0.5, 0.6) is 0 Å². The summed E-state index contributed by atoms with van der Waals surface area (Å²) >= 11 is 0. The second-order valence-electron chi connectivity index (χ2n) is 10.9. The molecule has 39 heavy (non-hydrogen) atoms. The second kappa shape index (κ2) is 10.4. The summed E-state index contributed by atoms with van der Waals surface area (Å²) in [6, 6.07) is 43.3. The Balaban J connectivity index is 1.67. The number of rotatable bonds is 6. The van der Waals surface area contributed by atoms with Crippen LogP contribution >= 0.6 is 0 Å². The SMILES string of the molecule is CC(C)c1cccc(C(C)C)c1-n1c(-c2ccccc2)nc2c(-c3cccc(-c4ccccc4)c3)cccc21. The lowest BCUT2D eigenvalue weighted by Gasteiger charge is -2.22. The molecule has 0 aliphatic carbocycles. The van der Waals surface area contributed by atoms with Crippen molar-refractivity contribution in [3.8, 4) is 39.3 Å². The minimum absolute atomic E-state index is 0.380. The first kappa shape index (κ1) is 24.9. The van der Waals surface area contributed by atoms with E-state index < -0.39 is 0 Å². The molecule has 0 saturated carbocycles. The Bertz CT molecular complexity index is 1720. The van der Waals surface area contributed by atoms with Gasteiger partial charge >= 0.3 is 0 Å². The first-order valence-electron chi connectivity index (χ1n) is 13.9. The molecule has 1 heterocycles. The quantitative estimate of drug-likeness (QED) is 0.220. The van der Waals surface area contributed by atoms with E-state index in [2.05, 4.69) is 154 Å². The summed E-state index contributed by atoms with van der Waals surface area (Å²) < 4.78 is 2.42. The van der Waals surface area contributed by atoms with E-state index in [1.54, 1.807) is 0 Å². The number of hydrogen-bond acceptors (Lipinski definition) is 1. The van der Waals surface area contributed by atoms with E-state index in [9.17, 15) is 0 Å². The smallest absolute Gasteiger partial charge is 0.145 e. The molecular weight excluding hydrogens is 472 g/mol. The maximum Gasteiger partial charge on any atom is 0.145 e. The summed E-state index contributed by atoms with van der Waals surface area (Å²) in [5.41, 5.74) is 12.0. The van der Waals surface area contributed by atoms with Crippen molar-refractivity contribution in [3.05, 3.63) is 132 Å². The van der Waals surface area contributed by atoms with Gasteiger partial charge in [-0.05, 0) is 51.8 Å². The van der Waals surface area contributed by atoms with Crippen LogP contribution in [0.4, 0.5) is 0 Å². The molecule has 0 atom stereocenters. The standard InChI is InChI=1S/C37H34N2/c1-25(2)31-20-12-21-32(26(3)4)36(31)39-34-23-13-22-33(35(34)38-37(39)28-16-9-6-10-17-28)30-19-11-18-29(24-30)27-14-7-5-8-15-27/h5-26H,1-4H3. The van der Waals surface area contributed by atoms with Gasteiger partial charge in [0.05, 0.1) is 16.7 Å². The van der Waals surface area contributed by atoms with Crippen molar-refractivity contribution in [3.63, 3.8) is 0 Å². The highest BCUT2D eigenvalue weighted by Crippen LogP contribution is 2.39. The highest BCUT2D eigenvalue weighted by Gasteiger charge is 2.23. The van der Waals surface area contributed by atoms with Crippen molar-refractivity contribution < 1.29 is 0 Å². The van der Waals surface area contributed by atoms with Gasteiger partial charge in [-0.25, -0.2) is 4.98 Å². The normalized spacial score (nSPS) is 11.5. The Morgan fingerprint density at radius 2 is 1.05 bits per heavy atom. The molecule has 0 unspecified atom stereocenters. The van der Waals surface area contributed by atoms with Gasteiger partial charge in [-0.1, -0.05) is 137 Å². The maximum atomic E-state index is 5.40. The van der Waals surface area contributed by atoms with Crippen molar-refractivity contribution in [1.82, 2.24) is 9.55 Å². The second-order valence-corrected chi connectivity index (χ2v) is 10.9. The van der Waals surface area contributed by atoms with Gasteiger partial charge in [0.25, 0.3) is 0 Å². The average molecular weight is 507 g/mol. The van der Waals surface area contributed by atoms with Crippen LogP contribution in [0, 0.1) is 0 Å². The third-order valence-corrected chi connectivity index (χ3v) is 7.56. The highest BCUT2D eigenvalue weighted by molar-refractivity contribution is 5.96. The minimum Gasteiger partial charge on any atom is -0.292 e. The lowest BCUT2D eigenvalue weighted by Crippen LogP contribution is -2.08. The van der Waals surface area contributed by atoms with Crippen molar-refractivity contribution in [1.29, 1.82) is 0 Å². The predicted octanol–water partition coefficient (Wildman–Crippen LogP) is 10.3. The van der Waals surface area contributed by atoms with Gasteiger partial charge in [0.2, 0.25) is 0 Å². The van der Waals surface area contributed by atoms with Crippen LogP contribution in [0.25, 0.3) is 50.4 Å². The van der Waals surface area contributed by atoms with Crippen LogP contribution in [-0.2, 0) is 0 Å². The molecule has 1 aromatic heterocycles. The molecule has 0 N–H and O–H groups in total. The molecule has 0 fully saturated rings. The summed E-state index contributed by atoms with van der Waals surface area (Å²) in [6.45, 7) is 9.13. The van der Waals surface area contributed by atoms with E-state index in [1.165, 1.54) is 33.5 Å². The van der Waals surface area contributed by atoms with Crippen LogP contribution in [-0.4, -0.2) is 9.55 Å². The summed E-state index contributed by atoms with van der Waals surface area (Å²) in [5.74, 6) is 1.74. The van der Waals surface area contributed by atoms with Gasteiger partial charge in [0, 0.05) is 11.1 Å². The van der Waals surface area contributed by atoms with Gasteiger partial charge in [-0.2, -0.15) is 0 Å². The molecule has 0 aliphatic heterocycles. The molecule has 2 nitrogen and oxygen atoms in total. The third kappa shape index (κ3) is 4.57. The Labute approximate surface area is 231 Å². The number of para-hydroxylation sites is 2. The number of fused-ring (bicyclic) bond motifs is 1. The molecule has 6 rings (SSSR count). The molecule has 0 bridgehead atoms. The topological polar surface area (TPSA) is 17.8 Å². The van der Waals surface area contributed by atoms with Crippen molar-refractivity contribution in [2.45, 2.75) is 39.5 Å². The Kier molecular flexibility index (Phi) is 6.62. The largest absolute Gasteiger partial charge is 0.292 e. The summed E-state index contributed by atoms with van der Waals surface area (Å²) in [7, 11) is 0. The molecule has 0 amide bonds. The van der Waals surface area contributed by atoms with Crippen molar-refractivity contribution in [2.75, 3.05) is 0 Å². The Hall–Kier alpha value is -4.43. The zero-order valence-electron chi connectivity index (χ0n) is 23.1. The van der Waals surface area contributed by atoms with E-state index in [1.807, 2.05) is 0 Å². The summed E-state index contributed by atoms with van der Waals surface area (Å²) in [6.07, 6.45) is 0. The summed E-state index contributed by atoms with van der Waals surface area (Å²) in [4.78, 5) is 5.40. The first-order valence-corrected chi connectivity index (χ1v) is 13.9. The molecular formula is C37H34N2. The number of imidazole rings is 1. The molecule has 0 aliphatic rings. The van der Waals surface area contributed by atoms with Gasteiger partial charge in [-0.15, -0.1) is 0 Å². The lowest BCUT2D eigenvalue weighted by atomic mass is 9.92. The zero-order valence-corrected chi connectivity index (χ0v) is 23.1. The van der Waals surface area contributed by atoms with Gasteiger partial charge < -0.3 is 0 Å². The zero-order chi connectivity index (χ0) is 26.9. The molecule has 0 spiro atoms. The van der Waals surface area contributed by atoms with E-state index in [0.717, 1.165) is 28.0 Å². The highest BCUT2D eigenvalue weighted by atomic mass is 15.1. The number of nitrogens with zero attached hydrogens (tertiary/aromatic N) is 2. The van der Waals surface area contributed by atoms with Crippen LogP contribution in [0.2, 0.25) is 0 Å². The molecule has 192 valence electrons. The molecule has 6 aromatic rings. The maximum absolute atomic E-state index is 5.40. The molecule has 5 aromatic carbocycles. The minimum atomic E-state index is 0.380. The van der Waals surface area contributed by atoms with Crippen LogP contribution < -0.4 is 0 Å². The van der Waals surface area contributed by atoms with Gasteiger partial charge in [-0.3, -0.25) is 4.57 Å². The fourth-order valence-electron chi connectivity index (χ4n) is 5.61. The van der Waals surface area contributed by atoms with Gasteiger partial charge in [0.1, 0.15) is 5.82 Å². The average Bonchev–Trinajstić information content (AvgIpc) is 3.37. The Morgan fingerprint density at radius 3 is 1.69 bits per heavy atom. The van der Waals surface area contributed by atoms with Crippen LogP contribution in [0.1, 0.15) is 50.7 Å².